The van der Waals surface area contributed by atoms with E-state index in [0.29, 0.717) is 19.4 Å². The normalized spacial score (nSPS) is 12.4. The summed E-state index contributed by atoms with van der Waals surface area (Å²) < 4.78 is 0. The fraction of sp³-hybridized carbons (Fsp3) is 0.714. The molecule has 0 saturated heterocycles. The van der Waals surface area contributed by atoms with Crippen LogP contribution in [0.15, 0.2) is 0 Å². The molecule has 0 rings (SSSR count). The first-order chi connectivity index (χ1) is 5.57. The summed E-state index contributed by atoms with van der Waals surface area (Å²) in [5.41, 5.74) is 5.17. The minimum absolute atomic E-state index is 0.324. The minimum atomic E-state index is -1.08. The van der Waals surface area contributed by atoms with E-state index in [2.05, 4.69) is 0 Å². The van der Waals surface area contributed by atoms with Gasteiger partial charge < -0.3 is 15.9 Å². The lowest BCUT2D eigenvalue weighted by Crippen LogP contribution is -2.18. The van der Waals surface area contributed by atoms with Crippen LogP contribution < -0.4 is 5.73 Å². The molecule has 0 radical (unpaired) electrons. The minimum Gasteiger partial charge on any atom is -0.481 e. The number of carboxylic acid groups (broad SMARTS) is 2. The zero-order valence-corrected chi connectivity index (χ0v) is 6.69. The number of carboxylic acids is 2. The quantitative estimate of drug-likeness (QED) is 0.523. The van der Waals surface area contributed by atoms with E-state index in [9.17, 15) is 9.59 Å². The van der Waals surface area contributed by atoms with Crippen LogP contribution in [-0.2, 0) is 9.59 Å². The lowest BCUT2D eigenvalue weighted by molar-refractivity contribution is -0.148. The van der Waals surface area contributed by atoms with Crippen molar-refractivity contribution in [1.29, 1.82) is 0 Å². The van der Waals surface area contributed by atoms with Gasteiger partial charge in [0.15, 0.2) is 0 Å². The number of rotatable bonds is 6. The Kier molecular flexibility index (Phi) is 5.03. The Balaban J connectivity index is 3.87. The summed E-state index contributed by atoms with van der Waals surface area (Å²) in [7, 11) is 0. The highest BCUT2D eigenvalue weighted by atomic mass is 16.4. The van der Waals surface area contributed by atoms with E-state index in [1.807, 2.05) is 0 Å². The van der Waals surface area contributed by atoms with Crippen LogP contribution >= 0.6 is 0 Å². The number of carbonyl (C=O) groups is 2. The highest BCUT2D eigenvalue weighted by Gasteiger charge is 2.19. The molecular formula is C7H13NO4. The molecule has 0 fully saturated rings. The summed E-state index contributed by atoms with van der Waals surface area (Å²) in [6, 6.07) is 0. The van der Waals surface area contributed by atoms with Gasteiger partial charge in [-0.05, 0) is 19.4 Å². The Labute approximate surface area is 70.2 Å². The van der Waals surface area contributed by atoms with Crippen molar-refractivity contribution in [3.8, 4) is 0 Å². The van der Waals surface area contributed by atoms with Crippen molar-refractivity contribution in [2.24, 2.45) is 11.7 Å². The van der Waals surface area contributed by atoms with E-state index in [4.69, 9.17) is 15.9 Å². The Morgan fingerprint density at radius 3 is 2.25 bits per heavy atom. The molecule has 1 atom stereocenters. The van der Waals surface area contributed by atoms with Crippen LogP contribution in [0, 0.1) is 5.92 Å². The summed E-state index contributed by atoms with van der Waals surface area (Å²) in [5, 5.41) is 16.9. The molecule has 5 heteroatoms. The Bertz CT molecular complexity index is 169. The van der Waals surface area contributed by atoms with Crippen molar-refractivity contribution in [3.05, 3.63) is 0 Å². The molecule has 12 heavy (non-hydrogen) atoms. The molecule has 0 aromatic rings. The smallest absolute Gasteiger partial charge is 0.307 e. The largest absolute Gasteiger partial charge is 0.481 e. The van der Waals surface area contributed by atoms with Gasteiger partial charge in [0, 0.05) is 0 Å². The monoisotopic (exact) mass is 175 g/mol. The molecule has 4 N–H and O–H groups in total. The molecule has 0 unspecified atom stereocenters. The van der Waals surface area contributed by atoms with Crippen LogP contribution in [0.5, 0.6) is 0 Å². The Hall–Kier alpha value is -1.10. The molecule has 0 spiro atoms. The molecule has 0 aromatic carbocycles. The second-order valence-electron chi connectivity index (χ2n) is 2.56. The van der Waals surface area contributed by atoms with Gasteiger partial charge in [0.1, 0.15) is 0 Å². The Morgan fingerprint density at radius 1 is 1.33 bits per heavy atom. The molecule has 5 nitrogen and oxygen atoms in total. The van der Waals surface area contributed by atoms with Crippen molar-refractivity contribution in [2.45, 2.75) is 19.3 Å². The van der Waals surface area contributed by atoms with Crippen LogP contribution in [0.1, 0.15) is 19.3 Å². The highest BCUT2D eigenvalue weighted by Crippen LogP contribution is 2.10. The molecular weight excluding hydrogens is 162 g/mol. The van der Waals surface area contributed by atoms with Gasteiger partial charge in [-0.25, -0.2) is 0 Å². The predicted molar refractivity (Wildman–Crippen MR) is 41.7 cm³/mol. The maximum atomic E-state index is 10.4. The lowest BCUT2D eigenvalue weighted by atomic mass is 10.00. The molecule has 0 aliphatic heterocycles. The van der Waals surface area contributed by atoms with Crippen LogP contribution in [0.3, 0.4) is 0 Å². The third kappa shape index (κ3) is 4.68. The molecule has 70 valence electrons. The van der Waals surface area contributed by atoms with Crippen LogP contribution in [0.25, 0.3) is 0 Å². The molecule has 0 amide bonds. The number of hydrogen-bond acceptors (Lipinski definition) is 3. The number of aliphatic carboxylic acids is 2. The zero-order valence-electron chi connectivity index (χ0n) is 6.69. The van der Waals surface area contributed by atoms with E-state index >= 15 is 0 Å². The van der Waals surface area contributed by atoms with Crippen LogP contribution in [-0.4, -0.2) is 28.7 Å². The SMILES string of the molecule is NCCC[C@H](CC(=O)O)C(=O)O. The lowest BCUT2D eigenvalue weighted by Gasteiger charge is -2.07. The summed E-state index contributed by atoms with van der Waals surface area (Å²) in [5.74, 6) is -2.95. The van der Waals surface area contributed by atoms with Gasteiger partial charge in [-0.3, -0.25) is 9.59 Å². The van der Waals surface area contributed by atoms with Crippen LogP contribution in [0.4, 0.5) is 0 Å². The molecule has 0 heterocycles. The Morgan fingerprint density at radius 2 is 1.92 bits per heavy atom. The number of nitrogens with two attached hydrogens (primary N) is 1. The van der Waals surface area contributed by atoms with E-state index in [1.165, 1.54) is 0 Å². The van der Waals surface area contributed by atoms with Crippen molar-refractivity contribution >= 4 is 11.9 Å². The van der Waals surface area contributed by atoms with Crippen molar-refractivity contribution in [3.63, 3.8) is 0 Å². The predicted octanol–water partition coefficient (Wildman–Crippen LogP) is -0.0992. The topological polar surface area (TPSA) is 101 Å². The first-order valence-corrected chi connectivity index (χ1v) is 3.72. The number of hydrogen-bond donors (Lipinski definition) is 3. The summed E-state index contributed by atoms with van der Waals surface area (Å²) in [6.45, 7) is 0.392. The average molecular weight is 175 g/mol. The highest BCUT2D eigenvalue weighted by molar-refractivity contribution is 5.77. The molecule has 0 aliphatic rings. The van der Waals surface area contributed by atoms with E-state index in [1.54, 1.807) is 0 Å². The van der Waals surface area contributed by atoms with Gasteiger partial charge in [-0.15, -0.1) is 0 Å². The van der Waals surface area contributed by atoms with Crippen molar-refractivity contribution in [2.75, 3.05) is 6.54 Å². The first-order valence-electron chi connectivity index (χ1n) is 3.72. The average Bonchev–Trinajstić information content (AvgIpc) is 1.96. The van der Waals surface area contributed by atoms with Crippen molar-refractivity contribution in [1.82, 2.24) is 0 Å². The first kappa shape index (κ1) is 10.9. The molecule has 0 aromatic heterocycles. The summed E-state index contributed by atoms with van der Waals surface area (Å²) in [4.78, 5) is 20.6. The maximum Gasteiger partial charge on any atom is 0.307 e. The third-order valence-electron chi connectivity index (χ3n) is 1.53. The fourth-order valence-electron chi connectivity index (χ4n) is 0.888. The second kappa shape index (κ2) is 5.54. The van der Waals surface area contributed by atoms with Crippen molar-refractivity contribution < 1.29 is 19.8 Å². The van der Waals surface area contributed by atoms with Gasteiger partial charge in [-0.2, -0.15) is 0 Å². The van der Waals surface area contributed by atoms with Gasteiger partial charge in [0.2, 0.25) is 0 Å². The van der Waals surface area contributed by atoms with Crippen LogP contribution in [0.2, 0.25) is 0 Å². The standard InChI is InChI=1S/C7H13NO4/c8-3-1-2-5(7(11)12)4-6(9)10/h5H,1-4,8H2,(H,9,10)(H,11,12)/t5-/m1/s1. The second-order valence-corrected chi connectivity index (χ2v) is 2.56. The van der Waals surface area contributed by atoms with E-state index < -0.39 is 17.9 Å². The van der Waals surface area contributed by atoms with Gasteiger partial charge in [-0.1, -0.05) is 0 Å². The molecule has 0 bridgehead atoms. The summed E-state index contributed by atoms with van der Waals surface area (Å²) >= 11 is 0. The van der Waals surface area contributed by atoms with Gasteiger partial charge >= 0.3 is 11.9 Å². The van der Waals surface area contributed by atoms with Gasteiger partial charge in [0.25, 0.3) is 0 Å². The fourth-order valence-corrected chi connectivity index (χ4v) is 0.888. The molecule has 0 aliphatic carbocycles. The van der Waals surface area contributed by atoms with E-state index in [0.717, 1.165) is 0 Å². The summed E-state index contributed by atoms with van der Waals surface area (Å²) in [6.07, 6.45) is 0.553. The zero-order chi connectivity index (χ0) is 9.56. The van der Waals surface area contributed by atoms with Gasteiger partial charge in [0.05, 0.1) is 12.3 Å². The molecule has 0 saturated carbocycles. The third-order valence-corrected chi connectivity index (χ3v) is 1.53. The van der Waals surface area contributed by atoms with E-state index in [-0.39, 0.29) is 6.42 Å². The maximum absolute atomic E-state index is 10.4.